The molecule has 0 aromatic heterocycles. The van der Waals surface area contributed by atoms with Crippen molar-refractivity contribution in [2.45, 2.75) is 107 Å². The van der Waals surface area contributed by atoms with Gasteiger partial charge >= 0.3 is 5.97 Å². The summed E-state index contributed by atoms with van der Waals surface area (Å²) in [6, 6.07) is 7.67. The number of allylic oxidation sites excluding steroid dienone is 1. The number of aliphatic hydroxyl groups excluding tert-OH is 1. The molecule has 46 heavy (non-hydrogen) atoms. The highest BCUT2D eigenvalue weighted by Gasteiger charge is 2.75. The van der Waals surface area contributed by atoms with Crippen LogP contribution in [0.15, 0.2) is 55.6 Å². The van der Waals surface area contributed by atoms with Gasteiger partial charge in [-0.3, -0.25) is 19.2 Å². The summed E-state index contributed by atoms with van der Waals surface area (Å²) in [5.74, 6) is -3.14. The second-order valence-corrected chi connectivity index (χ2v) is 13.1. The molecule has 2 N–H and O–H groups in total. The first kappa shape index (κ1) is 33.9. The normalized spacial score (nSPS) is 28.3. The number of fused-ring (bicyclic) bond motifs is 1. The Hall–Kier alpha value is -3.50. The Morgan fingerprint density at radius 3 is 2.54 bits per heavy atom. The van der Waals surface area contributed by atoms with Gasteiger partial charge in [0.15, 0.2) is 0 Å². The molecule has 4 aliphatic rings. The lowest BCUT2D eigenvalue weighted by molar-refractivity contribution is -0.161. The van der Waals surface area contributed by atoms with Gasteiger partial charge in [0, 0.05) is 19.0 Å². The second-order valence-electron chi connectivity index (χ2n) is 13.1. The smallest absolute Gasteiger partial charge is 0.313 e. The number of hydrogen-bond donors (Lipinski definition) is 2. The fourth-order valence-corrected chi connectivity index (χ4v) is 8.20. The minimum atomic E-state index is -1.19. The minimum Gasteiger partial charge on any atom is -0.455 e. The largest absolute Gasteiger partial charge is 0.455 e. The average Bonchev–Trinajstić information content (AvgIpc) is 3.73. The van der Waals surface area contributed by atoms with Crippen molar-refractivity contribution in [1.29, 1.82) is 0 Å². The van der Waals surface area contributed by atoms with E-state index in [-0.39, 0.29) is 43.3 Å². The quantitative estimate of drug-likeness (QED) is 0.222. The molecule has 1 spiro atoms. The molecule has 10 heteroatoms. The Kier molecular flexibility index (Phi) is 11.0. The number of amides is 3. The van der Waals surface area contributed by atoms with Crippen molar-refractivity contribution in [1.82, 2.24) is 15.1 Å². The molecule has 1 aromatic rings. The second kappa shape index (κ2) is 14.9. The van der Waals surface area contributed by atoms with Crippen molar-refractivity contribution in [3.63, 3.8) is 0 Å². The molecule has 250 valence electrons. The number of benzene rings is 1. The van der Waals surface area contributed by atoms with Gasteiger partial charge in [0.2, 0.25) is 17.7 Å². The molecule has 3 aliphatic heterocycles. The molecule has 3 saturated heterocycles. The summed E-state index contributed by atoms with van der Waals surface area (Å²) in [5, 5.41) is 13.3. The topological polar surface area (TPSA) is 125 Å². The summed E-state index contributed by atoms with van der Waals surface area (Å²) in [6.45, 7) is 9.56. The number of carbonyl (C=O) groups excluding carboxylic acids is 4. The highest BCUT2D eigenvalue weighted by Crippen LogP contribution is 2.59. The van der Waals surface area contributed by atoms with Crippen LogP contribution in [-0.2, 0) is 28.7 Å². The molecule has 2 bridgehead atoms. The van der Waals surface area contributed by atoms with Crippen LogP contribution in [0.5, 0.6) is 0 Å². The molecule has 3 heterocycles. The maximum Gasteiger partial charge on any atom is 0.313 e. The first-order valence-corrected chi connectivity index (χ1v) is 17.0. The van der Waals surface area contributed by atoms with Gasteiger partial charge in [-0.15, -0.1) is 13.2 Å². The third-order valence-electron chi connectivity index (χ3n) is 10.4. The predicted molar refractivity (Wildman–Crippen MR) is 172 cm³/mol. The van der Waals surface area contributed by atoms with E-state index >= 15 is 0 Å². The van der Waals surface area contributed by atoms with Crippen molar-refractivity contribution < 1.29 is 33.8 Å². The Labute approximate surface area is 272 Å². The number of carbonyl (C=O) groups is 4. The number of ether oxygens (including phenoxy) is 2. The maximum atomic E-state index is 14.7. The van der Waals surface area contributed by atoms with Gasteiger partial charge in [0.25, 0.3) is 0 Å². The zero-order chi connectivity index (χ0) is 32.8. The van der Waals surface area contributed by atoms with Gasteiger partial charge < -0.3 is 29.7 Å². The van der Waals surface area contributed by atoms with Crippen LogP contribution in [0, 0.1) is 11.8 Å². The lowest BCUT2D eigenvalue weighted by Crippen LogP contribution is -2.60. The molecule has 5 rings (SSSR count). The third-order valence-corrected chi connectivity index (χ3v) is 10.4. The Morgan fingerprint density at radius 1 is 1.15 bits per heavy atom. The molecule has 0 radical (unpaired) electrons. The van der Waals surface area contributed by atoms with Crippen molar-refractivity contribution in [2.24, 2.45) is 11.8 Å². The van der Waals surface area contributed by atoms with Crippen LogP contribution in [0.1, 0.15) is 82.8 Å². The Bertz CT molecular complexity index is 1280. The van der Waals surface area contributed by atoms with E-state index < -0.39 is 47.7 Å². The first-order valence-electron chi connectivity index (χ1n) is 17.0. The van der Waals surface area contributed by atoms with Crippen LogP contribution in [0.3, 0.4) is 0 Å². The standard InChI is InChI=1S/C36H49N3O7/c1-4-7-18-29(41)37-22-28(24-14-10-8-11-15-24)45-35(44)30-27-19-20-36(46-27)31(30)33(42)39(25(6-3)23-40)32(36)34(43)38(21-5-2)26-16-12-9-13-17-26/h4-5,8,10-11,14-15,25-28,30-32,40H,1-2,6-7,9,12-13,16-23H2,3H3,(H,37,41)/t25-,27-,28-,30+,31+,32-,36+/m0/s1. The zero-order valence-corrected chi connectivity index (χ0v) is 27.0. The number of hydrogen-bond acceptors (Lipinski definition) is 7. The monoisotopic (exact) mass is 635 g/mol. The van der Waals surface area contributed by atoms with Crippen LogP contribution in [0.25, 0.3) is 0 Å². The van der Waals surface area contributed by atoms with E-state index in [0.717, 1.165) is 32.1 Å². The molecule has 4 fully saturated rings. The summed E-state index contributed by atoms with van der Waals surface area (Å²) >= 11 is 0. The van der Waals surface area contributed by atoms with E-state index in [1.807, 2.05) is 42.2 Å². The molecule has 3 amide bonds. The molecule has 7 atom stereocenters. The molecule has 1 aliphatic carbocycles. The number of esters is 1. The van der Waals surface area contributed by atoms with Crippen molar-refractivity contribution >= 4 is 23.7 Å². The zero-order valence-electron chi connectivity index (χ0n) is 27.0. The summed E-state index contributed by atoms with van der Waals surface area (Å²) < 4.78 is 12.8. The molecule has 1 aromatic carbocycles. The molecular weight excluding hydrogens is 586 g/mol. The van der Waals surface area contributed by atoms with Crippen molar-refractivity contribution in [3.05, 3.63) is 61.2 Å². The molecular formula is C36H49N3O7. The first-order chi connectivity index (χ1) is 22.3. The predicted octanol–water partition coefficient (Wildman–Crippen LogP) is 3.85. The minimum absolute atomic E-state index is 0.0357. The van der Waals surface area contributed by atoms with Crippen molar-refractivity contribution in [3.8, 4) is 0 Å². The van der Waals surface area contributed by atoms with Crippen LogP contribution in [0.4, 0.5) is 0 Å². The van der Waals surface area contributed by atoms with Gasteiger partial charge in [0.05, 0.1) is 37.1 Å². The fourth-order valence-electron chi connectivity index (χ4n) is 8.20. The summed E-state index contributed by atoms with van der Waals surface area (Å²) in [4.78, 5) is 59.1. The van der Waals surface area contributed by atoms with Gasteiger partial charge in [-0.05, 0) is 44.1 Å². The van der Waals surface area contributed by atoms with E-state index in [4.69, 9.17) is 9.47 Å². The maximum absolute atomic E-state index is 14.7. The van der Waals surface area contributed by atoms with E-state index in [1.54, 1.807) is 12.2 Å². The molecule has 1 saturated carbocycles. The fraction of sp³-hybridized carbons (Fsp3) is 0.611. The number of likely N-dealkylation sites (tertiary alicyclic amines) is 1. The summed E-state index contributed by atoms with van der Waals surface area (Å²) in [5.41, 5.74) is -0.481. The van der Waals surface area contributed by atoms with Gasteiger partial charge in [-0.2, -0.15) is 0 Å². The molecule has 0 unspecified atom stereocenters. The third kappa shape index (κ3) is 6.38. The number of nitrogens with zero attached hydrogens (tertiary/aromatic N) is 2. The highest BCUT2D eigenvalue weighted by molar-refractivity contribution is 5.98. The number of aliphatic hydroxyl groups is 1. The SMILES string of the molecule is C=CCCC(=O)NC[C@H](OC(=O)[C@@H]1[C@@H]2CC[C@]3(O2)[C@H](C(=O)N(CC=C)C2CCCCC2)N([C@@H](CC)CO)C(=O)[C@@H]13)c1ccccc1. The van der Waals surface area contributed by atoms with E-state index in [2.05, 4.69) is 18.5 Å². The number of rotatable bonds is 15. The average molecular weight is 636 g/mol. The van der Waals surface area contributed by atoms with Crippen LogP contribution in [-0.4, -0.2) is 88.1 Å². The van der Waals surface area contributed by atoms with Crippen LogP contribution < -0.4 is 5.32 Å². The van der Waals surface area contributed by atoms with Gasteiger partial charge in [-0.1, -0.05) is 68.7 Å². The highest BCUT2D eigenvalue weighted by atomic mass is 16.6. The van der Waals surface area contributed by atoms with Crippen LogP contribution in [0.2, 0.25) is 0 Å². The van der Waals surface area contributed by atoms with E-state index in [1.165, 1.54) is 4.90 Å². The Morgan fingerprint density at radius 2 is 1.89 bits per heavy atom. The van der Waals surface area contributed by atoms with Gasteiger partial charge in [-0.25, -0.2) is 0 Å². The number of nitrogens with one attached hydrogen (secondary N) is 1. The Balaban J connectivity index is 1.45. The lowest BCUT2D eigenvalue weighted by Gasteiger charge is -2.42. The summed E-state index contributed by atoms with van der Waals surface area (Å²) in [7, 11) is 0. The van der Waals surface area contributed by atoms with Crippen molar-refractivity contribution in [2.75, 3.05) is 19.7 Å². The molecule has 10 nitrogen and oxygen atoms in total. The van der Waals surface area contributed by atoms with Gasteiger partial charge in [0.1, 0.15) is 17.7 Å². The van der Waals surface area contributed by atoms with E-state index in [0.29, 0.717) is 37.8 Å². The summed E-state index contributed by atoms with van der Waals surface area (Å²) in [6.07, 6.45) is 9.22. The van der Waals surface area contributed by atoms with Crippen LogP contribution >= 0.6 is 0 Å². The lowest BCUT2D eigenvalue weighted by atomic mass is 9.70. The van der Waals surface area contributed by atoms with E-state index in [9.17, 15) is 24.3 Å².